The van der Waals surface area contributed by atoms with Crippen molar-refractivity contribution in [2.45, 2.75) is 92.8 Å². The maximum atomic E-state index is 13.9. The number of nitrogens with zero attached hydrogens (tertiary/aromatic N) is 5. The smallest absolute Gasteiger partial charge is 0.288 e. The highest BCUT2D eigenvalue weighted by Crippen LogP contribution is 2.34. The number of aliphatic imine (C=N–C) groups is 1. The van der Waals surface area contributed by atoms with E-state index in [9.17, 15) is 9.59 Å². The van der Waals surface area contributed by atoms with Crippen LogP contribution in [-0.2, 0) is 16.1 Å². The normalized spacial score (nSPS) is 14.8. The summed E-state index contributed by atoms with van der Waals surface area (Å²) in [7, 11) is 0. The van der Waals surface area contributed by atoms with Crippen molar-refractivity contribution < 1.29 is 14.3 Å². The molecule has 0 radical (unpaired) electrons. The monoisotopic (exact) mass is 758 g/mol. The Balaban J connectivity index is 0.00000295. The fourth-order valence-electron chi connectivity index (χ4n) is 6.89. The van der Waals surface area contributed by atoms with Crippen LogP contribution in [0.15, 0.2) is 96.2 Å². The van der Waals surface area contributed by atoms with Crippen LogP contribution in [0.5, 0.6) is 5.75 Å². The number of hydrogen-bond donors (Lipinski definition) is 3. The van der Waals surface area contributed by atoms with Crippen LogP contribution in [0.3, 0.4) is 0 Å². The van der Waals surface area contributed by atoms with Gasteiger partial charge < -0.3 is 30.2 Å². The van der Waals surface area contributed by atoms with E-state index in [-0.39, 0.29) is 29.8 Å². The molecule has 2 aromatic heterocycles. The van der Waals surface area contributed by atoms with Crippen LogP contribution < -0.4 is 10.5 Å². The number of carbonyl (C=O) groups excluding carboxylic acids is 2. The summed E-state index contributed by atoms with van der Waals surface area (Å²) >= 11 is 0. The fraction of sp³-hybridized carbons (Fsp3) is 0.400. The Bertz CT molecular complexity index is 2020. The first-order valence-electron chi connectivity index (χ1n) is 20.0. The second-order valence-electron chi connectivity index (χ2n) is 14.8. The van der Waals surface area contributed by atoms with Gasteiger partial charge in [0.15, 0.2) is 0 Å². The Labute approximate surface area is 331 Å². The van der Waals surface area contributed by atoms with E-state index in [2.05, 4.69) is 89.2 Å². The van der Waals surface area contributed by atoms with Gasteiger partial charge in [-0.2, -0.15) is 0 Å². The largest absolute Gasteiger partial charge is 0.426 e. The second kappa shape index (κ2) is 19.7. The number of amidine groups is 1. The summed E-state index contributed by atoms with van der Waals surface area (Å²) in [6, 6.07) is 25.1. The van der Waals surface area contributed by atoms with Crippen LogP contribution in [0, 0.1) is 11.8 Å². The number of imidazole rings is 2. The molecule has 3 heterocycles. The average molecular weight is 759 g/mol. The molecule has 4 N–H and O–H groups in total. The first-order chi connectivity index (χ1) is 27.1. The van der Waals surface area contributed by atoms with E-state index < -0.39 is 6.04 Å². The molecule has 56 heavy (non-hydrogen) atoms. The van der Waals surface area contributed by atoms with Crippen LogP contribution in [-0.4, -0.2) is 66.7 Å². The number of likely N-dealkylation sites (tertiary alicyclic amines) is 1. The highest BCUT2D eigenvalue weighted by Gasteiger charge is 2.37. The van der Waals surface area contributed by atoms with Gasteiger partial charge in [0, 0.05) is 19.5 Å². The topological polar surface area (TPSA) is 146 Å². The molecule has 2 unspecified atom stereocenters. The van der Waals surface area contributed by atoms with Gasteiger partial charge in [-0.1, -0.05) is 115 Å². The standard InChI is InChI=1S/C43H52N8O3.C2H6/c1-6-22-50(39(52)24-28(2)3)27-38-45-25-35(47-38)32-18-14-30(15-19-32)31-16-20-33(21-17-31)36-26-46-41(48-36)37-13-10-23-51(37)42(53)40(29(4)5)49-43(44)54-34-11-8-7-9-12-34;1-2/h7-9,11-12,14-21,25-26,28-29,37,40H,6,10,13,22-24,27H2,1-5H3,(H2,44,49)(H,45,47)(H,46,48);1-2H3. The van der Waals surface area contributed by atoms with Crippen molar-refractivity contribution in [1.29, 1.82) is 0 Å². The maximum Gasteiger partial charge on any atom is 0.288 e. The summed E-state index contributed by atoms with van der Waals surface area (Å²) in [4.78, 5) is 51.1. The van der Waals surface area contributed by atoms with Gasteiger partial charge in [-0.3, -0.25) is 9.59 Å². The lowest BCUT2D eigenvalue weighted by atomic mass is 10.0. The van der Waals surface area contributed by atoms with Crippen molar-refractivity contribution in [3.05, 3.63) is 103 Å². The predicted octanol–water partition coefficient (Wildman–Crippen LogP) is 9.03. The van der Waals surface area contributed by atoms with Gasteiger partial charge in [-0.05, 0) is 65.5 Å². The number of rotatable bonds is 14. The number of nitrogens with one attached hydrogen (secondary N) is 2. The molecule has 1 fully saturated rings. The Kier molecular flexibility index (Phi) is 14.6. The van der Waals surface area contributed by atoms with Crippen molar-refractivity contribution in [3.8, 4) is 39.4 Å². The zero-order chi connectivity index (χ0) is 40.2. The average Bonchev–Trinajstić information content (AvgIpc) is 4.00. The van der Waals surface area contributed by atoms with Gasteiger partial charge in [0.2, 0.25) is 11.8 Å². The molecular formula is C45H58N8O3. The number of amides is 2. The SMILES string of the molecule is CC.CCCN(Cc1ncc(-c2ccc(-c3ccc(-c4cnc(C5CCCN5C(=O)C(N=C(N)Oc5ccccc5)C(C)C)[nH]4)cc3)cc2)[nH]1)C(=O)CC(C)C. The van der Waals surface area contributed by atoms with Gasteiger partial charge >= 0.3 is 0 Å². The van der Waals surface area contributed by atoms with E-state index in [0.29, 0.717) is 37.7 Å². The van der Waals surface area contributed by atoms with Crippen molar-refractivity contribution >= 4 is 17.8 Å². The minimum Gasteiger partial charge on any atom is -0.426 e. The van der Waals surface area contributed by atoms with Crippen molar-refractivity contribution in [3.63, 3.8) is 0 Å². The van der Waals surface area contributed by atoms with E-state index in [1.807, 2.05) is 68.1 Å². The van der Waals surface area contributed by atoms with Gasteiger partial charge in [0.05, 0.1) is 36.4 Å². The van der Waals surface area contributed by atoms with Crippen LogP contribution in [0.2, 0.25) is 0 Å². The number of benzene rings is 3. The number of carbonyl (C=O) groups is 2. The zero-order valence-corrected chi connectivity index (χ0v) is 34.0. The number of para-hydroxylation sites is 1. The number of aromatic amines is 2. The summed E-state index contributed by atoms with van der Waals surface area (Å²) in [6.45, 7) is 16.0. The molecule has 3 aromatic carbocycles. The van der Waals surface area contributed by atoms with Crippen LogP contribution in [0.1, 0.15) is 91.8 Å². The lowest BCUT2D eigenvalue weighted by Gasteiger charge is -2.28. The predicted molar refractivity (Wildman–Crippen MR) is 225 cm³/mol. The Hall–Kier alpha value is -5.71. The summed E-state index contributed by atoms with van der Waals surface area (Å²) in [6.07, 6.45) is 6.81. The first-order valence-corrected chi connectivity index (χ1v) is 20.0. The van der Waals surface area contributed by atoms with E-state index >= 15 is 0 Å². The third-order valence-electron chi connectivity index (χ3n) is 9.69. The Morgan fingerprint density at radius 3 is 2.05 bits per heavy atom. The van der Waals surface area contributed by atoms with Crippen LogP contribution in [0.4, 0.5) is 0 Å². The van der Waals surface area contributed by atoms with E-state index in [1.165, 1.54) is 0 Å². The second-order valence-corrected chi connectivity index (χ2v) is 14.8. The highest BCUT2D eigenvalue weighted by atomic mass is 16.5. The molecule has 2 amide bonds. The van der Waals surface area contributed by atoms with Gasteiger partial charge in [-0.25, -0.2) is 15.0 Å². The van der Waals surface area contributed by atoms with Crippen molar-refractivity contribution in [2.75, 3.05) is 13.1 Å². The van der Waals surface area contributed by atoms with E-state index in [4.69, 9.17) is 15.5 Å². The number of aromatic nitrogens is 4. The molecule has 0 spiro atoms. The van der Waals surface area contributed by atoms with E-state index in [1.54, 1.807) is 12.1 Å². The minimum atomic E-state index is -0.671. The summed E-state index contributed by atoms with van der Waals surface area (Å²) in [5.41, 5.74) is 12.2. The number of H-pyrrole nitrogens is 2. The lowest BCUT2D eigenvalue weighted by Crippen LogP contribution is -2.42. The lowest BCUT2D eigenvalue weighted by molar-refractivity contribution is -0.134. The summed E-state index contributed by atoms with van der Waals surface area (Å²) in [5.74, 6) is 2.45. The molecule has 5 aromatic rings. The van der Waals surface area contributed by atoms with Gasteiger partial charge in [0.25, 0.3) is 6.02 Å². The first kappa shape index (κ1) is 41.5. The third-order valence-corrected chi connectivity index (χ3v) is 9.69. The number of hydrogen-bond acceptors (Lipinski definition) is 6. The summed E-state index contributed by atoms with van der Waals surface area (Å²) in [5, 5.41) is 0. The summed E-state index contributed by atoms with van der Waals surface area (Å²) < 4.78 is 5.69. The Morgan fingerprint density at radius 1 is 0.875 bits per heavy atom. The third kappa shape index (κ3) is 10.5. The molecule has 1 aliphatic rings. The molecule has 2 atom stereocenters. The molecule has 6 rings (SSSR count). The quantitative estimate of drug-likeness (QED) is 0.0761. The molecule has 0 saturated carbocycles. The zero-order valence-electron chi connectivity index (χ0n) is 34.0. The maximum absolute atomic E-state index is 13.9. The molecule has 1 aliphatic heterocycles. The molecule has 296 valence electrons. The van der Waals surface area contributed by atoms with Gasteiger partial charge in [0.1, 0.15) is 23.4 Å². The highest BCUT2D eigenvalue weighted by molar-refractivity contribution is 5.86. The molecule has 11 heteroatoms. The fourth-order valence-corrected chi connectivity index (χ4v) is 6.89. The number of nitrogens with two attached hydrogens (primary N) is 1. The molecule has 11 nitrogen and oxygen atoms in total. The molecule has 1 saturated heterocycles. The van der Waals surface area contributed by atoms with Crippen molar-refractivity contribution in [2.24, 2.45) is 22.6 Å². The van der Waals surface area contributed by atoms with Gasteiger partial charge in [-0.15, -0.1) is 0 Å². The van der Waals surface area contributed by atoms with Crippen LogP contribution >= 0.6 is 0 Å². The molecule has 0 aliphatic carbocycles. The molecular weight excluding hydrogens is 701 g/mol. The number of ether oxygens (including phenoxy) is 1. The Morgan fingerprint density at radius 2 is 1.46 bits per heavy atom. The minimum absolute atomic E-state index is 0.0306. The molecule has 0 bridgehead atoms. The van der Waals surface area contributed by atoms with Crippen molar-refractivity contribution in [1.82, 2.24) is 29.7 Å². The van der Waals surface area contributed by atoms with Crippen LogP contribution in [0.25, 0.3) is 33.6 Å². The van der Waals surface area contributed by atoms with E-state index in [0.717, 1.165) is 64.6 Å².